The zero-order valence-electron chi connectivity index (χ0n) is 20.0. The van der Waals surface area contributed by atoms with Gasteiger partial charge in [0.2, 0.25) is 5.88 Å². The number of carbonyl (C=O) groups is 2. The summed E-state index contributed by atoms with van der Waals surface area (Å²) in [5, 5.41) is 12.1. The van der Waals surface area contributed by atoms with Gasteiger partial charge in [-0.15, -0.1) is 0 Å². The Bertz CT molecular complexity index is 1080. The topological polar surface area (TPSA) is 101 Å². The average Bonchev–Trinajstić information content (AvgIpc) is 3.14. The molecule has 34 heavy (non-hydrogen) atoms. The Balaban J connectivity index is 1.60. The predicted octanol–water partition coefficient (Wildman–Crippen LogP) is 4.63. The first-order valence-corrected chi connectivity index (χ1v) is 11.3. The van der Waals surface area contributed by atoms with Crippen LogP contribution in [0, 0.1) is 17.7 Å². The zero-order valence-corrected chi connectivity index (χ0v) is 20.0. The van der Waals surface area contributed by atoms with Crippen molar-refractivity contribution >= 4 is 12.2 Å². The van der Waals surface area contributed by atoms with Crippen molar-refractivity contribution < 1.29 is 28.6 Å². The number of fused-ring (bicyclic) bond motifs is 1. The lowest BCUT2D eigenvalue weighted by Gasteiger charge is -2.29. The Kier molecular flexibility index (Phi) is 5.91. The summed E-state index contributed by atoms with van der Waals surface area (Å²) in [5.41, 5.74) is 0.552. The molecule has 0 bridgehead atoms. The molecule has 1 saturated heterocycles. The third kappa shape index (κ3) is 5.24. The van der Waals surface area contributed by atoms with E-state index in [1.54, 1.807) is 39.0 Å². The van der Waals surface area contributed by atoms with Gasteiger partial charge in [0, 0.05) is 36.6 Å². The van der Waals surface area contributed by atoms with E-state index < -0.39 is 23.3 Å². The number of amides is 2. The molecule has 182 valence electrons. The molecule has 1 aliphatic carbocycles. The van der Waals surface area contributed by atoms with Crippen LogP contribution in [0.25, 0.3) is 11.3 Å². The number of pyridine rings is 1. The maximum absolute atomic E-state index is 13.5. The monoisotopic (exact) mass is 471 g/mol. The van der Waals surface area contributed by atoms with Crippen LogP contribution in [0.1, 0.15) is 40.2 Å². The lowest BCUT2D eigenvalue weighted by atomic mass is 9.93. The first kappa shape index (κ1) is 23.8. The number of carbonyl (C=O) groups excluding carboxylic acids is 1. The van der Waals surface area contributed by atoms with Gasteiger partial charge in [-0.25, -0.2) is 19.0 Å². The number of hydrogen-bond donors (Lipinski definition) is 2. The highest BCUT2D eigenvalue weighted by Gasteiger charge is 2.59. The van der Waals surface area contributed by atoms with Gasteiger partial charge in [-0.3, -0.25) is 0 Å². The number of piperidine rings is 1. The third-order valence-corrected chi connectivity index (χ3v) is 6.12. The smallest absolute Gasteiger partial charge is 0.408 e. The van der Waals surface area contributed by atoms with Gasteiger partial charge in [0.1, 0.15) is 17.5 Å². The molecular weight excluding hydrogens is 441 g/mol. The molecule has 0 spiro atoms. The number of rotatable bonds is 5. The summed E-state index contributed by atoms with van der Waals surface area (Å²) >= 11 is 0. The van der Waals surface area contributed by atoms with Gasteiger partial charge >= 0.3 is 12.2 Å². The van der Waals surface area contributed by atoms with Crippen molar-refractivity contribution in [3.63, 3.8) is 0 Å². The lowest BCUT2D eigenvalue weighted by molar-refractivity contribution is 0.0470. The molecule has 2 heterocycles. The quantitative estimate of drug-likeness (QED) is 0.659. The zero-order chi connectivity index (χ0) is 24.8. The Morgan fingerprint density at radius 1 is 1.09 bits per heavy atom. The van der Waals surface area contributed by atoms with E-state index in [-0.39, 0.29) is 23.8 Å². The first-order valence-electron chi connectivity index (χ1n) is 11.3. The van der Waals surface area contributed by atoms with Crippen LogP contribution in [0.2, 0.25) is 0 Å². The minimum Gasteiger partial charge on any atom is -0.474 e. The number of alkyl carbamates (subject to hydrolysis) is 1. The molecule has 0 radical (unpaired) electrons. The van der Waals surface area contributed by atoms with E-state index in [0.717, 1.165) is 5.56 Å². The molecule has 8 nitrogen and oxygen atoms in total. The Morgan fingerprint density at radius 3 is 2.26 bits per heavy atom. The standard InChI is InChI=1S/C25H30FN3O5/c1-24(2,3)34-22(30)28-25(4,5)15-10-19(14-6-8-16(26)9-7-14)27-20(11-15)33-21-17-12-29(23(31)32)13-18(17)21/h6-11,17-18,21H,12-13H2,1-5H3,(H,28,30)(H,31,32). The number of likely N-dealkylation sites (tertiary alicyclic amines) is 1. The average molecular weight is 472 g/mol. The Hall–Kier alpha value is -3.36. The summed E-state index contributed by atoms with van der Waals surface area (Å²) in [6.07, 6.45) is -1.58. The number of benzene rings is 1. The third-order valence-electron chi connectivity index (χ3n) is 6.12. The van der Waals surface area contributed by atoms with Gasteiger partial charge in [-0.2, -0.15) is 0 Å². The maximum atomic E-state index is 13.5. The van der Waals surface area contributed by atoms with Crippen LogP contribution >= 0.6 is 0 Å². The number of hydrogen-bond acceptors (Lipinski definition) is 5. The van der Waals surface area contributed by atoms with Crippen molar-refractivity contribution in [2.24, 2.45) is 11.8 Å². The van der Waals surface area contributed by atoms with E-state index >= 15 is 0 Å². The van der Waals surface area contributed by atoms with Crippen molar-refractivity contribution in [2.75, 3.05) is 13.1 Å². The summed E-state index contributed by atoms with van der Waals surface area (Å²) in [4.78, 5) is 29.7. The molecule has 1 aromatic heterocycles. The van der Waals surface area contributed by atoms with Crippen molar-refractivity contribution in [3.05, 3.63) is 47.8 Å². The maximum Gasteiger partial charge on any atom is 0.408 e. The number of carboxylic acid groups (broad SMARTS) is 1. The highest BCUT2D eigenvalue weighted by molar-refractivity contribution is 5.70. The van der Waals surface area contributed by atoms with Crippen LogP contribution < -0.4 is 10.1 Å². The van der Waals surface area contributed by atoms with Gasteiger partial charge in [0.15, 0.2) is 0 Å². The summed E-state index contributed by atoms with van der Waals surface area (Å²) in [5.74, 6) is 0.307. The fraction of sp³-hybridized carbons (Fsp3) is 0.480. The Labute approximate surface area is 198 Å². The molecule has 2 unspecified atom stereocenters. The predicted molar refractivity (Wildman–Crippen MR) is 123 cm³/mol. The number of nitrogens with one attached hydrogen (secondary N) is 1. The van der Waals surface area contributed by atoms with E-state index in [0.29, 0.717) is 30.2 Å². The van der Waals surface area contributed by atoms with Crippen LogP contribution in [-0.2, 0) is 10.3 Å². The molecule has 2 amide bonds. The summed E-state index contributed by atoms with van der Waals surface area (Å²) < 4.78 is 25.1. The highest BCUT2D eigenvalue weighted by atomic mass is 19.1. The minimum absolute atomic E-state index is 0.110. The van der Waals surface area contributed by atoms with Crippen molar-refractivity contribution in [1.29, 1.82) is 0 Å². The molecule has 1 saturated carbocycles. The second-order valence-corrected chi connectivity index (χ2v) is 10.4. The van der Waals surface area contributed by atoms with E-state index in [2.05, 4.69) is 10.3 Å². The number of aromatic nitrogens is 1. The molecule has 1 aliphatic heterocycles. The summed E-state index contributed by atoms with van der Waals surface area (Å²) in [6, 6.07) is 9.59. The fourth-order valence-corrected chi connectivity index (χ4v) is 4.27. The van der Waals surface area contributed by atoms with E-state index in [1.165, 1.54) is 17.0 Å². The molecule has 2 atom stereocenters. The van der Waals surface area contributed by atoms with Gasteiger partial charge in [0.05, 0.1) is 11.2 Å². The minimum atomic E-state index is -0.917. The normalized spacial score (nSPS) is 21.6. The first-order chi connectivity index (χ1) is 15.8. The molecule has 2 aromatic rings. The highest BCUT2D eigenvalue weighted by Crippen LogP contribution is 2.48. The SMILES string of the molecule is CC(C)(C)OC(=O)NC(C)(C)c1cc(OC2C3CN(C(=O)O)CC32)nc(-c2ccc(F)cc2)c1. The van der Waals surface area contributed by atoms with E-state index in [9.17, 15) is 19.1 Å². The summed E-state index contributed by atoms with van der Waals surface area (Å²) in [7, 11) is 0. The van der Waals surface area contributed by atoms with Crippen LogP contribution in [0.5, 0.6) is 5.88 Å². The molecule has 9 heteroatoms. The van der Waals surface area contributed by atoms with Crippen molar-refractivity contribution in [3.8, 4) is 17.1 Å². The molecule has 2 N–H and O–H groups in total. The lowest BCUT2D eigenvalue weighted by Crippen LogP contribution is -2.43. The molecule has 2 fully saturated rings. The Morgan fingerprint density at radius 2 is 1.71 bits per heavy atom. The van der Waals surface area contributed by atoms with Gasteiger partial charge in [-0.1, -0.05) is 0 Å². The van der Waals surface area contributed by atoms with Crippen LogP contribution in [-0.4, -0.2) is 52.0 Å². The van der Waals surface area contributed by atoms with Crippen molar-refractivity contribution in [2.45, 2.75) is 51.9 Å². The largest absolute Gasteiger partial charge is 0.474 e. The van der Waals surface area contributed by atoms with Gasteiger partial charge in [-0.05, 0) is 70.5 Å². The molecular formula is C25H30FN3O5. The van der Waals surface area contributed by atoms with Crippen LogP contribution in [0.3, 0.4) is 0 Å². The van der Waals surface area contributed by atoms with Gasteiger partial charge in [0.25, 0.3) is 0 Å². The van der Waals surface area contributed by atoms with Crippen LogP contribution in [0.15, 0.2) is 36.4 Å². The van der Waals surface area contributed by atoms with Crippen molar-refractivity contribution in [1.82, 2.24) is 15.2 Å². The second-order valence-electron chi connectivity index (χ2n) is 10.4. The fourth-order valence-electron chi connectivity index (χ4n) is 4.27. The van der Waals surface area contributed by atoms with E-state index in [4.69, 9.17) is 9.47 Å². The van der Waals surface area contributed by atoms with E-state index in [1.807, 2.05) is 19.9 Å². The summed E-state index contributed by atoms with van der Waals surface area (Å²) in [6.45, 7) is 9.97. The number of nitrogens with zero attached hydrogens (tertiary/aromatic N) is 2. The molecule has 2 aliphatic rings. The number of halogens is 1. The van der Waals surface area contributed by atoms with Crippen LogP contribution in [0.4, 0.5) is 14.0 Å². The number of ether oxygens (including phenoxy) is 2. The molecule has 1 aromatic carbocycles. The second kappa shape index (κ2) is 8.45. The van der Waals surface area contributed by atoms with Gasteiger partial charge < -0.3 is 24.8 Å². The molecule has 4 rings (SSSR count).